The first kappa shape index (κ1) is 49.3. The Morgan fingerprint density at radius 3 is 2.31 bits per heavy atom. The van der Waals surface area contributed by atoms with Crippen LogP contribution in [0.3, 0.4) is 0 Å². The summed E-state index contributed by atoms with van der Waals surface area (Å²) >= 11 is 0. The van der Waals surface area contributed by atoms with Gasteiger partial charge in [-0.15, -0.1) is 0 Å². The van der Waals surface area contributed by atoms with Crippen molar-refractivity contribution in [1.82, 2.24) is 39.5 Å². The number of hydrogen-bond donors (Lipinski definition) is 3. The highest BCUT2D eigenvalue weighted by atomic mass is 19.1. The number of nitrogens with zero attached hydrogens (tertiary/aromatic N) is 6. The number of likely N-dealkylation sites (tertiary alicyclic amines) is 2. The van der Waals surface area contributed by atoms with Crippen molar-refractivity contribution in [3.63, 3.8) is 0 Å². The molecule has 3 aliphatic heterocycles. The number of imide groups is 1. The van der Waals surface area contributed by atoms with Crippen molar-refractivity contribution in [3.05, 3.63) is 135 Å². The highest BCUT2D eigenvalue weighted by Crippen LogP contribution is 2.36. The Morgan fingerprint density at radius 2 is 1.61 bits per heavy atom. The van der Waals surface area contributed by atoms with E-state index in [2.05, 4.69) is 59.7 Å². The Hall–Kier alpha value is -6.67. The summed E-state index contributed by atoms with van der Waals surface area (Å²) in [5.74, 6) is -2.55. The number of carbonyl (C=O) groups excluding carboxylic acids is 3. The monoisotopic (exact) mass is 970 g/mol. The van der Waals surface area contributed by atoms with Crippen molar-refractivity contribution < 1.29 is 36.9 Å². The number of aromatic amines is 1. The maximum atomic E-state index is 15.3. The van der Waals surface area contributed by atoms with Crippen LogP contribution in [-0.4, -0.2) is 111 Å². The van der Waals surface area contributed by atoms with E-state index in [-0.39, 0.29) is 55.7 Å². The van der Waals surface area contributed by atoms with E-state index in [4.69, 9.17) is 9.39 Å². The molecule has 15 nitrogen and oxygen atoms in total. The first-order valence-electron chi connectivity index (χ1n) is 24.0. The molecule has 3 fully saturated rings. The Bertz CT molecular complexity index is 2990. The SMILES string of the molecule is Cc1c(NC(=O)c2ccc(C(C)(C)O[B]F)cc2F)cc(F)cc1-c1ncnc2[nH]c(-c3ccc(CN4CCC(OC5CCN(CCn6cccc(CN7CCC(=O)NC7=O)c6=O)CC5)CC4)cc3)cc12. The second-order valence-corrected chi connectivity index (χ2v) is 19.1. The lowest BCUT2D eigenvalue weighted by Crippen LogP contribution is -2.49. The van der Waals surface area contributed by atoms with Crippen LogP contribution in [0.4, 0.5) is 23.6 Å². The predicted molar refractivity (Wildman–Crippen MR) is 263 cm³/mol. The molecular weight excluding hydrogens is 914 g/mol. The second kappa shape index (κ2) is 21.4. The molecule has 0 aliphatic carbocycles. The molecule has 0 spiro atoms. The van der Waals surface area contributed by atoms with E-state index in [0.717, 1.165) is 82.3 Å². The van der Waals surface area contributed by atoms with Gasteiger partial charge in [0, 0.05) is 92.9 Å². The lowest BCUT2D eigenvalue weighted by Gasteiger charge is -2.37. The average molecular weight is 971 g/mol. The Balaban J connectivity index is 0.751. The van der Waals surface area contributed by atoms with Crippen molar-refractivity contribution in [2.24, 2.45) is 0 Å². The zero-order valence-electron chi connectivity index (χ0n) is 40.0. The number of rotatable bonds is 16. The third-order valence-corrected chi connectivity index (χ3v) is 13.9. The summed E-state index contributed by atoms with van der Waals surface area (Å²) in [7, 11) is 0.0322. The smallest absolute Gasteiger partial charge is 0.401 e. The van der Waals surface area contributed by atoms with E-state index in [0.29, 0.717) is 52.1 Å². The van der Waals surface area contributed by atoms with E-state index in [1.807, 2.05) is 12.1 Å². The molecule has 4 amide bonds. The van der Waals surface area contributed by atoms with Gasteiger partial charge in [-0.1, -0.05) is 36.4 Å². The van der Waals surface area contributed by atoms with Gasteiger partial charge in [0.1, 0.15) is 23.6 Å². The van der Waals surface area contributed by atoms with E-state index in [1.165, 1.54) is 41.1 Å². The van der Waals surface area contributed by atoms with Crippen molar-refractivity contribution in [2.75, 3.05) is 44.6 Å². The highest BCUT2D eigenvalue weighted by Gasteiger charge is 2.28. The Morgan fingerprint density at radius 1 is 0.873 bits per heavy atom. The molecular formula is C52H56BF3N9O6. The van der Waals surface area contributed by atoms with E-state index in [9.17, 15) is 23.5 Å². The van der Waals surface area contributed by atoms with Crippen LogP contribution in [-0.2, 0) is 39.4 Å². The Labute approximate surface area is 410 Å². The summed E-state index contributed by atoms with van der Waals surface area (Å²) in [5, 5.41) is 5.62. The molecule has 0 bridgehead atoms. The van der Waals surface area contributed by atoms with Gasteiger partial charge in [0.2, 0.25) is 5.91 Å². The van der Waals surface area contributed by atoms with Gasteiger partial charge in [-0.2, -0.15) is 0 Å². The number of H-pyrrole nitrogens is 1. The van der Waals surface area contributed by atoms with Crippen LogP contribution in [0, 0.1) is 18.6 Å². The van der Waals surface area contributed by atoms with Gasteiger partial charge < -0.3 is 34.1 Å². The molecule has 0 unspecified atom stereocenters. The zero-order valence-corrected chi connectivity index (χ0v) is 40.0. The molecule has 3 aromatic heterocycles. The Kier molecular flexibility index (Phi) is 14.8. The van der Waals surface area contributed by atoms with Crippen LogP contribution in [0.1, 0.15) is 78.6 Å². The van der Waals surface area contributed by atoms with Crippen LogP contribution in [0.15, 0.2) is 90.1 Å². The molecule has 71 heavy (non-hydrogen) atoms. The summed E-state index contributed by atoms with van der Waals surface area (Å²) in [6, 6.07) is 19.8. The van der Waals surface area contributed by atoms with Crippen LogP contribution < -0.4 is 16.2 Å². The first-order chi connectivity index (χ1) is 34.2. The molecule has 3 saturated heterocycles. The normalized spacial score (nSPS) is 16.7. The molecule has 6 heterocycles. The molecule has 19 heteroatoms. The lowest BCUT2D eigenvalue weighted by atomic mass is 9.95. The van der Waals surface area contributed by atoms with Crippen molar-refractivity contribution in [1.29, 1.82) is 0 Å². The molecule has 369 valence electrons. The maximum absolute atomic E-state index is 15.3. The second-order valence-electron chi connectivity index (χ2n) is 19.1. The van der Waals surface area contributed by atoms with Gasteiger partial charge in [-0.25, -0.2) is 23.5 Å². The number of benzene rings is 3. The molecule has 3 aliphatic rings. The number of hydrogen-bond acceptors (Lipinski definition) is 10. The number of pyridine rings is 1. The number of halogens is 3. The fourth-order valence-electron chi connectivity index (χ4n) is 9.69. The van der Waals surface area contributed by atoms with Crippen LogP contribution in [0.25, 0.3) is 33.5 Å². The van der Waals surface area contributed by atoms with Crippen molar-refractivity contribution in [3.8, 4) is 22.5 Å². The third kappa shape index (κ3) is 11.4. The molecule has 0 saturated carbocycles. The van der Waals surface area contributed by atoms with Crippen LogP contribution >= 0.6 is 0 Å². The summed E-state index contributed by atoms with van der Waals surface area (Å²) in [6.45, 7) is 11.1. The molecule has 0 atom stereocenters. The molecule has 3 N–H and O–H groups in total. The number of ether oxygens (including phenoxy) is 1. The number of amides is 4. The predicted octanol–water partition coefficient (Wildman–Crippen LogP) is 7.64. The number of urea groups is 1. The third-order valence-electron chi connectivity index (χ3n) is 13.9. The van der Waals surface area contributed by atoms with Gasteiger partial charge in [0.05, 0.1) is 35.6 Å². The van der Waals surface area contributed by atoms with Gasteiger partial charge >= 0.3 is 13.8 Å². The van der Waals surface area contributed by atoms with Gasteiger partial charge in [0.15, 0.2) is 0 Å². The van der Waals surface area contributed by atoms with Gasteiger partial charge in [-0.3, -0.25) is 28.9 Å². The van der Waals surface area contributed by atoms with E-state index < -0.39 is 29.2 Å². The summed E-state index contributed by atoms with van der Waals surface area (Å²) in [5.41, 5.74) is 4.33. The fourth-order valence-corrected chi connectivity index (χ4v) is 9.69. The van der Waals surface area contributed by atoms with Crippen LogP contribution in [0.2, 0.25) is 0 Å². The van der Waals surface area contributed by atoms with Crippen molar-refractivity contribution >= 4 is 42.3 Å². The van der Waals surface area contributed by atoms with Gasteiger partial charge in [-0.05, 0) is 105 Å². The lowest BCUT2D eigenvalue weighted by molar-refractivity contribution is -0.121. The topological polar surface area (TPSA) is 167 Å². The summed E-state index contributed by atoms with van der Waals surface area (Å²) < 4.78 is 56.5. The van der Waals surface area contributed by atoms with E-state index in [1.54, 1.807) is 37.6 Å². The largest absolute Gasteiger partial charge is 0.536 e. The average Bonchev–Trinajstić information content (AvgIpc) is 3.80. The standard InChI is InChI=1S/C52H56BF3N9O6/c1-32-41(26-37(54)27-44(32)60-49(67)40-11-10-36(25-43(40)55)52(2,3)71-53-56)47-42-28-45(59-48(42)58-31-57-47)34-8-6-33(7-9-34)29-63-20-14-39(15-21-63)70-38-12-18-62(19-13-38)23-24-64-17-4-5-35(50(64)68)30-65-22-16-46(66)61-51(65)69/h4-11,17,25-28,31,38-39H,12-16,18-24,29-30H2,1-3H3,(H,60,67)(H,57,58,59)(H,61,66,69). The summed E-state index contributed by atoms with van der Waals surface area (Å²) in [6.07, 6.45) is 7.67. The molecule has 6 aromatic rings. The van der Waals surface area contributed by atoms with Crippen LogP contribution in [0.5, 0.6) is 0 Å². The number of piperidine rings is 2. The van der Waals surface area contributed by atoms with Crippen molar-refractivity contribution in [2.45, 2.75) is 90.3 Å². The zero-order chi connectivity index (χ0) is 49.8. The number of nitrogens with one attached hydrogen (secondary N) is 3. The number of anilines is 1. The quantitative estimate of drug-likeness (QED) is 0.0821. The number of carbonyl (C=O) groups is 3. The molecule has 9 rings (SSSR count). The fraction of sp³-hybridized carbons (Fsp3) is 0.385. The summed E-state index contributed by atoms with van der Waals surface area (Å²) in [4.78, 5) is 68.9. The number of fused-ring (bicyclic) bond motifs is 1. The van der Waals surface area contributed by atoms with E-state index >= 15 is 8.78 Å². The molecule has 3 aromatic carbocycles. The maximum Gasteiger partial charge on any atom is 0.536 e. The molecule has 1 radical (unpaired) electrons. The minimum atomic E-state index is -1.17. The first-order valence-corrected chi connectivity index (χ1v) is 24.0. The van der Waals surface area contributed by atoms with Gasteiger partial charge in [0.25, 0.3) is 11.5 Å². The minimum absolute atomic E-state index is 0.0322. The number of aromatic nitrogens is 4. The minimum Gasteiger partial charge on any atom is -0.401 e. The highest BCUT2D eigenvalue weighted by molar-refractivity contribution is 6.17.